The Morgan fingerprint density at radius 2 is 1.56 bits per heavy atom. The standard InChI is InChI=1S/C8H12B3NO4/c1-12(2)8-5-3-7(4-6-8)11(15-9-13)16-10-14/h3-6,13-14H,1-2H3. The molecular weight excluding hydrogens is 207 g/mol. The fourth-order valence-corrected chi connectivity index (χ4v) is 1.23. The van der Waals surface area contributed by atoms with Crippen LogP contribution in [-0.2, 0) is 9.14 Å². The molecule has 8 heteroatoms. The Labute approximate surface area is 96.7 Å². The van der Waals surface area contributed by atoms with Gasteiger partial charge >= 0.3 is 22.5 Å². The van der Waals surface area contributed by atoms with Crippen LogP contribution >= 0.6 is 0 Å². The molecule has 2 radical (unpaired) electrons. The van der Waals surface area contributed by atoms with Crippen molar-refractivity contribution in [1.29, 1.82) is 0 Å². The van der Waals surface area contributed by atoms with Crippen LogP contribution in [0.3, 0.4) is 0 Å². The molecule has 0 unspecified atom stereocenters. The van der Waals surface area contributed by atoms with Gasteiger partial charge in [0.05, 0.1) is 0 Å². The molecule has 2 N–H and O–H groups in total. The van der Waals surface area contributed by atoms with Gasteiger partial charge < -0.3 is 24.1 Å². The zero-order valence-electron chi connectivity index (χ0n) is 9.20. The molecule has 0 aromatic heterocycles. The second kappa shape index (κ2) is 6.60. The molecule has 0 amide bonds. The summed E-state index contributed by atoms with van der Waals surface area (Å²) in [7, 11) is 4.05. The fourth-order valence-electron chi connectivity index (χ4n) is 1.23. The first-order chi connectivity index (χ1) is 7.69. The highest BCUT2D eigenvalue weighted by molar-refractivity contribution is 6.68. The Kier molecular flexibility index (Phi) is 5.41. The summed E-state index contributed by atoms with van der Waals surface area (Å²) >= 11 is 0. The van der Waals surface area contributed by atoms with E-state index in [9.17, 15) is 0 Å². The Morgan fingerprint density at radius 3 is 1.94 bits per heavy atom. The van der Waals surface area contributed by atoms with E-state index in [1.807, 2.05) is 31.1 Å². The minimum absolute atomic E-state index is 0.522. The zero-order chi connectivity index (χ0) is 12.0. The van der Waals surface area contributed by atoms with Crippen LogP contribution in [0.2, 0.25) is 0 Å². The molecular formula is C8H12B3NO4. The summed E-state index contributed by atoms with van der Waals surface area (Å²) in [6.45, 7) is 0. The first-order valence-electron chi connectivity index (χ1n) is 4.69. The van der Waals surface area contributed by atoms with Gasteiger partial charge in [-0.05, 0) is 17.6 Å². The lowest BCUT2D eigenvalue weighted by Crippen LogP contribution is -2.39. The van der Waals surface area contributed by atoms with Crippen LogP contribution in [-0.4, -0.2) is 46.6 Å². The molecule has 1 aromatic rings. The lowest BCUT2D eigenvalue weighted by molar-refractivity contribution is 0.376. The minimum Gasteiger partial charge on any atom is -0.450 e. The maximum absolute atomic E-state index is 8.54. The van der Waals surface area contributed by atoms with Gasteiger partial charge in [-0.2, -0.15) is 0 Å². The second-order valence-electron chi connectivity index (χ2n) is 3.30. The van der Waals surface area contributed by atoms with Crippen molar-refractivity contribution >= 4 is 33.6 Å². The first kappa shape index (κ1) is 13.1. The molecule has 82 valence electrons. The quantitative estimate of drug-likeness (QED) is 0.571. The van der Waals surface area contributed by atoms with Gasteiger partial charge in [-0.1, -0.05) is 12.1 Å². The fraction of sp³-hybridized carbons (Fsp3) is 0.250. The lowest BCUT2D eigenvalue weighted by atomic mass is 9.76. The van der Waals surface area contributed by atoms with E-state index in [1.54, 1.807) is 12.1 Å². The molecule has 1 aromatic carbocycles. The highest BCUT2D eigenvalue weighted by Crippen LogP contribution is 2.08. The van der Waals surface area contributed by atoms with Crippen molar-refractivity contribution in [3.8, 4) is 0 Å². The summed E-state index contributed by atoms with van der Waals surface area (Å²) in [4.78, 5) is 1.96. The van der Waals surface area contributed by atoms with Gasteiger partial charge in [0.15, 0.2) is 0 Å². The third-order valence-corrected chi connectivity index (χ3v) is 2.05. The molecule has 16 heavy (non-hydrogen) atoms. The molecule has 0 saturated carbocycles. The second-order valence-corrected chi connectivity index (χ2v) is 3.30. The zero-order valence-corrected chi connectivity index (χ0v) is 9.20. The Hall–Kier alpha value is -0.945. The van der Waals surface area contributed by atoms with Crippen molar-refractivity contribution < 1.29 is 19.2 Å². The number of benzene rings is 1. The van der Waals surface area contributed by atoms with E-state index in [1.165, 1.54) is 0 Å². The van der Waals surface area contributed by atoms with Gasteiger partial charge in [-0.15, -0.1) is 0 Å². The van der Waals surface area contributed by atoms with Crippen molar-refractivity contribution in [2.75, 3.05) is 19.0 Å². The molecule has 0 fully saturated rings. The number of hydrogen-bond acceptors (Lipinski definition) is 5. The summed E-state index contributed by atoms with van der Waals surface area (Å²) in [5, 5.41) is 17.1. The van der Waals surface area contributed by atoms with Crippen molar-refractivity contribution in [3.05, 3.63) is 24.3 Å². The summed E-state index contributed by atoms with van der Waals surface area (Å²) < 4.78 is 9.54. The molecule has 0 aliphatic rings. The van der Waals surface area contributed by atoms with E-state index >= 15 is 0 Å². The van der Waals surface area contributed by atoms with Crippen molar-refractivity contribution in [1.82, 2.24) is 0 Å². The van der Waals surface area contributed by atoms with E-state index in [0.717, 1.165) is 5.69 Å². The maximum atomic E-state index is 8.54. The summed E-state index contributed by atoms with van der Waals surface area (Å²) in [6, 6.07) is 7.33. The molecule has 0 aliphatic heterocycles. The van der Waals surface area contributed by atoms with Crippen LogP contribution < -0.4 is 10.4 Å². The number of nitrogens with zero attached hydrogens (tertiary/aromatic N) is 1. The van der Waals surface area contributed by atoms with E-state index in [2.05, 4.69) is 0 Å². The van der Waals surface area contributed by atoms with Crippen LogP contribution in [0.15, 0.2) is 24.3 Å². The van der Waals surface area contributed by atoms with Crippen molar-refractivity contribution in [2.45, 2.75) is 0 Å². The van der Waals surface area contributed by atoms with Gasteiger partial charge in [-0.3, -0.25) is 0 Å². The topological polar surface area (TPSA) is 62.2 Å². The third-order valence-electron chi connectivity index (χ3n) is 2.05. The monoisotopic (exact) mass is 219 g/mol. The average Bonchev–Trinajstić information content (AvgIpc) is 2.29. The largest absolute Gasteiger partial charge is 0.470 e. The van der Waals surface area contributed by atoms with Crippen molar-refractivity contribution in [2.24, 2.45) is 0 Å². The molecule has 5 nitrogen and oxygen atoms in total. The van der Waals surface area contributed by atoms with Crippen LogP contribution in [0.5, 0.6) is 0 Å². The predicted octanol–water partition coefficient (Wildman–Crippen LogP) is -1.47. The molecule has 1 rings (SSSR count). The lowest BCUT2D eigenvalue weighted by Gasteiger charge is -2.15. The predicted molar refractivity (Wildman–Crippen MR) is 64.3 cm³/mol. The minimum atomic E-state index is -0.855. The normalized spacial score (nSPS) is 9.75. The molecule has 0 heterocycles. The van der Waals surface area contributed by atoms with Crippen LogP contribution in [0.4, 0.5) is 5.69 Å². The van der Waals surface area contributed by atoms with Crippen molar-refractivity contribution in [3.63, 3.8) is 0 Å². The Bertz CT molecular complexity index is 303. The maximum Gasteiger partial charge on any atom is 0.470 e. The van der Waals surface area contributed by atoms with Gasteiger partial charge in [0.25, 0.3) is 0 Å². The van der Waals surface area contributed by atoms with E-state index in [4.69, 9.17) is 19.2 Å². The van der Waals surface area contributed by atoms with Gasteiger partial charge in [0.2, 0.25) is 0 Å². The van der Waals surface area contributed by atoms with Crippen LogP contribution in [0, 0.1) is 0 Å². The van der Waals surface area contributed by atoms with Gasteiger partial charge in [0, 0.05) is 19.8 Å². The smallest absolute Gasteiger partial charge is 0.450 e. The molecule has 0 saturated heterocycles. The first-order valence-corrected chi connectivity index (χ1v) is 4.69. The van der Waals surface area contributed by atoms with E-state index in [0.29, 0.717) is 20.8 Å². The highest BCUT2D eigenvalue weighted by Gasteiger charge is 2.20. The Morgan fingerprint density at radius 1 is 1.06 bits per heavy atom. The summed E-state index contributed by atoms with van der Waals surface area (Å²) in [6.07, 6.45) is 0. The summed E-state index contributed by atoms with van der Waals surface area (Å²) in [5.74, 6) is 0. The van der Waals surface area contributed by atoms with E-state index < -0.39 is 7.12 Å². The number of hydrogen-bond donors (Lipinski definition) is 2. The summed E-state index contributed by atoms with van der Waals surface area (Å²) in [5.41, 5.74) is 1.71. The van der Waals surface area contributed by atoms with Crippen LogP contribution in [0.25, 0.3) is 0 Å². The molecule has 0 aliphatic carbocycles. The highest BCUT2D eigenvalue weighted by atomic mass is 16.6. The van der Waals surface area contributed by atoms with Crippen LogP contribution in [0.1, 0.15) is 0 Å². The van der Waals surface area contributed by atoms with Gasteiger partial charge in [-0.25, -0.2) is 0 Å². The Balaban J connectivity index is 2.76. The number of rotatable bonds is 6. The molecule has 0 atom stereocenters. The number of anilines is 1. The van der Waals surface area contributed by atoms with E-state index in [-0.39, 0.29) is 0 Å². The molecule has 0 spiro atoms. The SMILES string of the molecule is CN(C)c1ccc(B(O[B]O)O[B]O)cc1. The third kappa shape index (κ3) is 3.57. The average molecular weight is 219 g/mol. The molecule has 0 bridgehead atoms. The van der Waals surface area contributed by atoms with Gasteiger partial charge in [0.1, 0.15) is 0 Å².